The molecule has 0 unspecified atom stereocenters. The lowest BCUT2D eigenvalue weighted by molar-refractivity contribution is -0.148. The van der Waals surface area contributed by atoms with Crippen LogP contribution >= 0.6 is 11.6 Å². The number of methoxy groups -OCH3 is 1. The van der Waals surface area contributed by atoms with Crippen molar-refractivity contribution in [3.63, 3.8) is 0 Å². The van der Waals surface area contributed by atoms with Crippen molar-refractivity contribution in [1.82, 2.24) is 9.88 Å². The molecule has 174 valence electrons. The minimum absolute atomic E-state index is 0.0980. The van der Waals surface area contributed by atoms with Crippen molar-refractivity contribution in [2.75, 3.05) is 13.7 Å². The number of aromatic nitrogens is 1. The number of carbonyl (C=O) groups excluding carboxylic acids is 3. The van der Waals surface area contributed by atoms with Gasteiger partial charge in [0.1, 0.15) is 5.75 Å². The zero-order valence-corrected chi connectivity index (χ0v) is 20.1. The number of amides is 1. The summed E-state index contributed by atoms with van der Waals surface area (Å²) >= 11 is 5.96. The second kappa shape index (κ2) is 9.67. The van der Waals surface area contributed by atoms with E-state index in [2.05, 4.69) is 5.32 Å². The van der Waals surface area contributed by atoms with Gasteiger partial charge in [0.2, 0.25) is 0 Å². The third-order valence-electron chi connectivity index (χ3n) is 5.04. The molecule has 1 aromatic heterocycles. The Kier molecular flexibility index (Phi) is 7.12. The largest absolute Gasteiger partial charge is 0.497 e. The molecule has 0 saturated heterocycles. The molecular formula is C25H27ClN2O5. The molecule has 1 N–H and O–H groups in total. The van der Waals surface area contributed by atoms with Gasteiger partial charge in [-0.1, -0.05) is 11.6 Å². The van der Waals surface area contributed by atoms with Crippen molar-refractivity contribution in [1.29, 1.82) is 0 Å². The number of rotatable bonds is 6. The van der Waals surface area contributed by atoms with E-state index in [1.54, 1.807) is 61.1 Å². The van der Waals surface area contributed by atoms with Crippen molar-refractivity contribution in [3.8, 4) is 5.75 Å². The number of hydrogen-bond acceptors (Lipinski definition) is 5. The number of fused-ring (bicyclic) bond motifs is 1. The van der Waals surface area contributed by atoms with Gasteiger partial charge in [0.05, 0.1) is 19.0 Å². The highest BCUT2D eigenvalue weighted by atomic mass is 35.5. The first-order chi connectivity index (χ1) is 15.5. The molecule has 7 nitrogen and oxygen atoms in total. The van der Waals surface area contributed by atoms with Crippen LogP contribution in [0.1, 0.15) is 42.4 Å². The van der Waals surface area contributed by atoms with Gasteiger partial charge in [0, 0.05) is 27.2 Å². The summed E-state index contributed by atoms with van der Waals surface area (Å²) in [6, 6.07) is 11.9. The minimum atomic E-state index is -0.567. The average molecular weight is 471 g/mol. The molecule has 0 saturated carbocycles. The zero-order valence-electron chi connectivity index (χ0n) is 19.3. The Bertz CT molecular complexity index is 1210. The SMILES string of the molecule is COc1ccc2c(c1)c(CC(=O)OCC(=O)NC(C)(C)C)c(C)n2C(=O)c1ccc(Cl)cc1. The molecule has 0 aliphatic carbocycles. The Morgan fingerprint density at radius 1 is 1.06 bits per heavy atom. The summed E-state index contributed by atoms with van der Waals surface area (Å²) in [4.78, 5) is 37.9. The van der Waals surface area contributed by atoms with Gasteiger partial charge in [0.15, 0.2) is 6.61 Å². The number of benzene rings is 2. The second-order valence-corrected chi connectivity index (χ2v) is 9.17. The van der Waals surface area contributed by atoms with Gasteiger partial charge >= 0.3 is 5.97 Å². The van der Waals surface area contributed by atoms with Crippen molar-refractivity contribution in [2.24, 2.45) is 0 Å². The predicted octanol–water partition coefficient (Wildman–Crippen LogP) is 4.30. The zero-order chi connectivity index (χ0) is 24.3. The number of hydrogen-bond donors (Lipinski definition) is 1. The number of esters is 1. The summed E-state index contributed by atoms with van der Waals surface area (Å²) < 4.78 is 12.1. The van der Waals surface area contributed by atoms with Crippen LogP contribution in [0, 0.1) is 6.92 Å². The Hall–Kier alpha value is -3.32. The maximum atomic E-state index is 13.3. The van der Waals surface area contributed by atoms with Crippen LogP contribution in [-0.4, -0.2) is 41.6 Å². The van der Waals surface area contributed by atoms with E-state index in [9.17, 15) is 14.4 Å². The summed E-state index contributed by atoms with van der Waals surface area (Å²) in [7, 11) is 1.55. The standard InChI is InChI=1S/C25H27ClN2O5/c1-15-19(13-23(30)33-14-22(29)27-25(2,3)4)20-12-18(32-5)10-11-21(20)28(15)24(31)16-6-8-17(26)9-7-16/h6-12H,13-14H2,1-5H3,(H,27,29). The van der Waals surface area contributed by atoms with E-state index >= 15 is 0 Å². The van der Waals surface area contributed by atoms with Crippen LogP contribution in [-0.2, 0) is 20.7 Å². The number of nitrogens with zero attached hydrogens (tertiary/aromatic N) is 1. The molecule has 1 amide bonds. The van der Waals surface area contributed by atoms with Crippen molar-refractivity contribution < 1.29 is 23.9 Å². The number of halogens is 1. The molecule has 0 atom stereocenters. The molecule has 0 spiro atoms. The van der Waals surface area contributed by atoms with Crippen LogP contribution in [0.2, 0.25) is 5.02 Å². The molecule has 33 heavy (non-hydrogen) atoms. The van der Waals surface area contributed by atoms with Gasteiger partial charge in [-0.05, 0) is 75.7 Å². The molecule has 0 fully saturated rings. The van der Waals surface area contributed by atoms with Crippen LogP contribution < -0.4 is 10.1 Å². The second-order valence-electron chi connectivity index (χ2n) is 8.73. The first-order valence-corrected chi connectivity index (χ1v) is 10.8. The fourth-order valence-corrected chi connectivity index (χ4v) is 3.72. The quantitative estimate of drug-likeness (QED) is 0.543. The van der Waals surface area contributed by atoms with Crippen LogP contribution in [0.5, 0.6) is 5.75 Å². The van der Waals surface area contributed by atoms with Gasteiger partial charge < -0.3 is 14.8 Å². The summed E-state index contributed by atoms with van der Waals surface area (Å²) in [5, 5.41) is 3.98. The van der Waals surface area contributed by atoms with Crippen LogP contribution in [0.4, 0.5) is 0 Å². The Morgan fingerprint density at radius 3 is 2.33 bits per heavy atom. The molecule has 0 radical (unpaired) electrons. The van der Waals surface area contributed by atoms with E-state index < -0.39 is 11.5 Å². The van der Waals surface area contributed by atoms with Gasteiger partial charge in [-0.2, -0.15) is 0 Å². The fraction of sp³-hybridized carbons (Fsp3) is 0.320. The lowest BCUT2D eigenvalue weighted by atomic mass is 10.1. The van der Waals surface area contributed by atoms with Gasteiger partial charge in [0.25, 0.3) is 11.8 Å². The minimum Gasteiger partial charge on any atom is -0.497 e. The normalized spacial score (nSPS) is 11.3. The summed E-state index contributed by atoms with van der Waals surface area (Å²) in [6.07, 6.45) is -0.0980. The van der Waals surface area contributed by atoms with Crippen molar-refractivity contribution >= 4 is 40.3 Å². The maximum Gasteiger partial charge on any atom is 0.310 e. The Balaban J connectivity index is 1.93. The van der Waals surface area contributed by atoms with E-state index in [4.69, 9.17) is 21.1 Å². The number of nitrogens with one attached hydrogen (secondary N) is 1. The third-order valence-corrected chi connectivity index (χ3v) is 5.29. The summed E-state index contributed by atoms with van der Waals surface area (Å²) in [6.45, 7) is 6.93. The molecule has 0 aliphatic heterocycles. The lowest BCUT2D eigenvalue weighted by Crippen LogP contribution is -2.42. The molecule has 1 heterocycles. The highest BCUT2D eigenvalue weighted by Crippen LogP contribution is 2.31. The molecule has 0 bridgehead atoms. The molecule has 2 aromatic carbocycles. The van der Waals surface area contributed by atoms with Crippen LogP contribution in [0.15, 0.2) is 42.5 Å². The number of ether oxygens (including phenoxy) is 2. The van der Waals surface area contributed by atoms with Crippen molar-refractivity contribution in [3.05, 3.63) is 64.3 Å². The molecule has 3 rings (SSSR count). The van der Waals surface area contributed by atoms with E-state index in [1.807, 2.05) is 20.8 Å². The molecule has 3 aromatic rings. The van der Waals surface area contributed by atoms with Crippen molar-refractivity contribution in [2.45, 2.75) is 39.7 Å². The third kappa shape index (κ3) is 5.73. The number of carbonyl (C=O) groups is 3. The molecule has 8 heteroatoms. The highest BCUT2D eigenvalue weighted by molar-refractivity contribution is 6.30. The Labute approximate surface area is 197 Å². The first-order valence-electron chi connectivity index (χ1n) is 10.4. The van der Waals surface area contributed by atoms with Gasteiger partial charge in [-0.3, -0.25) is 19.0 Å². The summed E-state index contributed by atoms with van der Waals surface area (Å²) in [5.41, 5.74) is 1.91. The van der Waals surface area contributed by atoms with E-state index in [0.717, 1.165) is 0 Å². The lowest BCUT2D eigenvalue weighted by Gasteiger charge is -2.20. The van der Waals surface area contributed by atoms with Gasteiger partial charge in [-0.25, -0.2) is 0 Å². The van der Waals surface area contributed by atoms with E-state index in [-0.39, 0.29) is 24.8 Å². The van der Waals surface area contributed by atoms with Crippen LogP contribution in [0.3, 0.4) is 0 Å². The smallest absolute Gasteiger partial charge is 0.310 e. The van der Waals surface area contributed by atoms with E-state index in [0.29, 0.717) is 38.5 Å². The topological polar surface area (TPSA) is 86.6 Å². The van der Waals surface area contributed by atoms with E-state index in [1.165, 1.54) is 0 Å². The average Bonchev–Trinajstić information content (AvgIpc) is 3.01. The molecule has 0 aliphatic rings. The first kappa shape index (κ1) is 24.3. The monoisotopic (exact) mass is 470 g/mol. The maximum absolute atomic E-state index is 13.3. The summed E-state index contributed by atoms with van der Waals surface area (Å²) in [5.74, 6) is -0.598. The molecular weight excluding hydrogens is 444 g/mol. The predicted molar refractivity (Wildman–Crippen MR) is 127 cm³/mol. The van der Waals surface area contributed by atoms with Crippen LogP contribution in [0.25, 0.3) is 10.9 Å². The fourth-order valence-electron chi connectivity index (χ4n) is 3.59. The highest BCUT2D eigenvalue weighted by Gasteiger charge is 2.23. The Morgan fingerprint density at radius 2 is 1.73 bits per heavy atom. The van der Waals surface area contributed by atoms with Gasteiger partial charge in [-0.15, -0.1) is 0 Å².